The fraction of sp³-hybridized carbons (Fsp3) is 0.816. The second kappa shape index (κ2) is 40.3. The molecule has 0 amide bonds. The van der Waals surface area contributed by atoms with Gasteiger partial charge in [0.2, 0.25) is 0 Å². The molecule has 0 spiro atoms. The monoisotopic (exact) mass is 805 g/mol. The molecule has 0 aromatic heterocycles. The van der Waals surface area contributed by atoms with E-state index in [2.05, 4.69) is 50.3 Å². The summed E-state index contributed by atoms with van der Waals surface area (Å²) >= 11 is 0. The van der Waals surface area contributed by atoms with Crippen molar-refractivity contribution >= 4 is 17.9 Å². The lowest BCUT2D eigenvalue weighted by atomic mass is 10.1. The first-order chi connectivity index (χ1) is 27.6. The summed E-state index contributed by atoms with van der Waals surface area (Å²) in [5.41, 5.74) is 0. The standard InChI is InChI=1S/C49H89NO7/c1-6-8-10-12-14-16-18-20-22-23-24-26-28-30-32-34-36-38-40-48(52)57-45(43-55-42-41-46(49(53)54)50(3,4)5)44-56-47(51)39-37-35-33-31-29-27-25-21-19-17-15-13-11-9-7-2/h16,18,21-23,25,45-46H,6-15,17,19-20,24,26-44H2,1-5H3/p+1/b18-16-,23-22-,25-21-. The highest BCUT2D eigenvalue weighted by Gasteiger charge is 2.31. The first-order valence-corrected chi connectivity index (χ1v) is 23.5. The van der Waals surface area contributed by atoms with Gasteiger partial charge in [-0.25, -0.2) is 4.79 Å². The predicted molar refractivity (Wildman–Crippen MR) is 238 cm³/mol. The zero-order valence-corrected chi connectivity index (χ0v) is 37.8. The molecule has 0 bridgehead atoms. The zero-order valence-electron chi connectivity index (χ0n) is 37.8. The SMILES string of the molecule is CCCCCC/C=C\C/C=C\CCCCCCCCCC(=O)OC(COCCC(C(=O)O)[N+](C)(C)C)COC(=O)CCCCCCC/C=C\CCCCCCCC. The maximum Gasteiger partial charge on any atom is 0.362 e. The van der Waals surface area contributed by atoms with Gasteiger partial charge in [-0.1, -0.05) is 153 Å². The Morgan fingerprint density at radius 1 is 0.526 bits per heavy atom. The molecule has 8 heteroatoms. The Morgan fingerprint density at radius 2 is 0.930 bits per heavy atom. The minimum absolute atomic E-state index is 0.0565. The minimum atomic E-state index is -0.877. The summed E-state index contributed by atoms with van der Waals surface area (Å²) < 4.78 is 17.3. The van der Waals surface area contributed by atoms with Crippen LogP contribution >= 0.6 is 0 Å². The summed E-state index contributed by atoms with van der Waals surface area (Å²) in [7, 11) is 5.53. The number of hydrogen-bond acceptors (Lipinski definition) is 6. The fourth-order valence-electron chi connectivity index (χ4n) is 6.82. The van der Waals surface area contributed by atoms with Gasteiger partial charge in [0.1, 0.15) is 6.61 Å². The third kappa shape index (κ3) is 38.8. The molecule has 2 unspecified atom stereocenters. The number of carboxylic acid groups (broad SMARTS) is 1. The summed E-state index contributed by atoms with van der Waals surface area (Å²) in [5, 5.41) is 9.63. The van der Waals surface area contributed by atoms with E-state index in [1.807, 2.05) is 21.1 Å². The number of aliphatic carboxylic acids is 1. The molecule has 1 N–H and O–H groups in total. The summed E-state index contributed by atoms with van der Waals surface area (Å²) in [6, 6.07) is -0.616. The van der Waals surface area contributed by atoms with E-state index < -0.39 is 18.1 Å². The molecular weight excluding hydrogens is 715 g/mol. The molecule has 0 heterocycles. The van der Waals surface area contributed by atoms with Crippen LogP contribution in [0.25, 0.3) is 0 Å². The van der Waals surface area contributed by atoms with Gasteiger partial charge in [0.15, 0.2) is 12.1 Å². The van der Waals surface area contributed by atoms with E-state index in [4.69, 9.17) is 14.2 Å². The highest BCUT2D eigenvalue weighted by molar-refractivity contribution is 5.72. The van der Waals surface area contributed by atoms with Crippen LogP contribution in [0.4, 0.5) is 0 Å². The lowest BCUT2D eigenvalue weighted by molar-refractivity contribution is -0.887. The topological polar surface area (TPSA) is 99.1 Å². The molecule has 0 saturated heterocycles. The van der Waals surface area contributed by atoms with Crippen LogP contribution in [0.5, 0.6) is 0 Å². The molecule has 332 valence electrons. The van der Waals surface area contributed by atoms with Crippen LogP contribution in [0.3, 0.4) is 0 Å². The normalized spacial score (nSPS) is 13.2. The molecular formula is C49H90NO7+. The molecule has 0 radical (unpaired) electrons. The number of carbonyl (C=O) groups is 3. The highest BCUT2D eigenvalue weighted by Crippen LogP contribution is 2.14. The number of hydrogen-bond donors (Lipinski definition) is 1. The number of nitrogens with zero attached hydrogens (tertiary/aromatic N) is 1. The van der Waals surface area contributed by atoms with Crippen LogP contribution in [0.1, 0.15) is 206 Å². The quantitative estimate of drug-likeness (QED) is 0.0284. The lowest BCUT2D eigenvalue weighted by Crippen LogP contribution is -2.50. The number of likely N-dealkylation sites (N-methyl/N-ethyl adjacent to an activating group) is 1. The Labute approximate surface area is 351 Å². The van der Waals surface area contributed by atoms with Crippen molar-refractivity contribution in [3.05, 3.63) is 36.5 Å². The Bertz CT molecular complexity index is 1030. The zero-order chi connectivity index (χ0) is 42.1. The number of ether oxygens (including phenoxy) is 3. The van der Waals surface area contributed by atoms with E-state index in [1.54, 1.807) is 0 Å². The van der Waals surface area contributed by atoms with Crippen molar-refractivity contribution in [2.75, 3.05) is 41.0 Å². The van der Waals surface area contributed by atoms with Crippen molar-refractivity contribution in [2.45, 2.75) is 219 Å². The van der Waals surface area contributed by atoms with Gasteiger partial charge in [-0.05, 0) is 70.6 Å². The molecule has 0 saturated carbocycles. The summed E-state index contributed by atoms with van der Waals surface area (Å²) in [6.07, 6.45) is 46.1. The van der Waals surface area contributed by atoms with Crippen LogP contribution in [0.2, 0.25) is 0 Å². The van der Waals surface area contributed by atoms with Crippen molar-refractivity contribution in [3.63, 3.8) is 0 Å². The van der Waals surface area contributed by atoms with Gasteiger partial charge in [-0.3, -0.25) is 9.59 Å². The first-order valence-electron chi connectivity index (χ1n) is 23.5. The van der Waals surface area contributed by atoms with E-state index in [0.717, 1.165) is 64.2 Å². The van der Waals surface area contributed by atoms with Crippen molar-refractivity contribution in [1.82, 2.24) is 0 Å². The first kappa shape index (κ1) is 54.6. The van der Waals surface area contributed by atoms with E-state index in [9.17, 15) is 19.5 Å². The summed E-state index contributed by atoms with van der Waals surface area (Å²) in [4.78, 5) is 37.0. The van der Waals surface area contributed by atoms with Crippen LogP contribution in [-0.4, -0.2) is 80.6 Å². The predicted octanol–water partition coefficient (Wildman–Crippen LogP) is 13.0. The number of unbranched alkanes of at least 4 members (excludes halogenated alkanes) is 22. The number of carbonyl (C=O) groups excluding carboxylic acids is 2. The third-order valence-electron chi connectivity index (χ3n) is 10.5. The van der Waals surface area contributed by atoms with E-state index >= 15 is 0 Å². The molecule has 0 fully saturated rings. The van der Waals surface area contributed by atoms with Crippen molar-refractivity contribution < 1.29 is 38.2 Å². The van der Waals surface area contributed by atoms with Crippen molar-refractivity contribution in [3.8, 4) is 0 Å². The lowest BCUT2D eigenvalue weighted by Gasteiger charge is -2.31. The van der Waals surface area contributed by atoms with E-state index in [1.165, 1.54) is 109 Å². The van der Waals surface area contributed by atoms with Crippen molar-refractivity contribution in [2.24, 2.45) is 0 Å². The molecule has 57 heavy (non-hydrogen) atoms. The number of carboxylic acids is 1. The number of esters is 2. The largest absolute Gasteiger partial charge is 0.477 e. The fourth-order valence-corrected chi connectivity index (χ4v) is 6.82. The Balaban J connectivity index is 4.33. The van der Waals surface area contributed by atoms with Crippen LogP contribution < -0.4 is 0 Å². The molecule has 2 atom stereocenters. The third-order valence-corrected chi connectivity index (χ3v) is 10.5. The minimum Gasteiger partial charge on any atom is -0.477 e. The average molecular weight is 805 g/mol. The average Bonchev–Trinajstić information content (AvgIpc) is 3.17. The highest BCUT2D eigenvalue weighted by atomic mass is 16.6. The second-order valence-electron chi connectivity index (χ2n) is 17.0. The Kier molecular flexibility index (Phi) is 38.6. The van der Waals surface area contributed by atoms with Gasteiger partial charge >= 0.3 is 17.9 Å². The Morgan fingerprint density at radius 3 is 1.39 bits per heavy atom. The van der Waals surface area contributed by atoms with E-state index in [0.29, 0.717) is 19.3 Å². The summed E-state index contributed by atoms with van der Waals surface area (Å²) in [6.45, 7) is 4.71. The number of quaternary nitrogens is 1. The molecule has 0 rings (SSSR count). The maximum atomic E-state index is 12.7. The maximum absolute atomic E-state index is 12.7. The van der Waals surface area contributed by atoms with Crippen LogP contribution in [-0.2, 0) is 28.6 Å². The van der Waals surface area contributed by atoms with Gasteiger partial charge in [-0.15, -0.1) is 0 Å². The molecule has 0 aromatic rings. The number of allylic oxidation sites excluding steroid dienone is 6. The molecule has 8 nitrogen and oxygen atoms in total. The van der Waals surface area contributed by atoms with Gasteiger partial charge in [-0.2, -0.15) is 0 Å². The molecule has 0 aromatic carbocycles. The van der Waals surface area contributed by atoms with Crippen LogP contribution in [0.15, 0.2) is 36.5 Å². The Hall–Kier alpha value is -2.45. The van der Waals surface area contributed by atoms with Crippen LogP contribution in [0, 0.1) is 0 Å². The van der Waals surface area contributed by atoms with Gasteiger partial charge in [0.05, 0.1) is 34.4 Å². The van der Waals surface area contributed by atoms with Gasteiger partial charge in [0.25, 0.3) is 0 Å². The molecule has 0 aliphatic heterocycles. The van der Waals surface area contributed by atoms with E-state index in [-0.39, 0.29) is 36.2 Å². The molecule has 0 aliphatic rings. The smallest absolute Gasteiger partial charge is 0.362 e. The van der Waals surface area contributed by atoms with Gasteiger partial charge in [0, 0.05) is 19.3 Å². The number of rotatable bonds is 42. The van der Waals surface area contributed by atoms with Crippen molar-refractivity contribution in [1.29, 1.82) is 0 Å². The summed E-state index contributed by atoms with van der Waals surface area (Å²) in [5.74, 6) is -1.48. The second-order valence-corrected chi connectivity index (χ2v) is 17.0. The van der Waals surface area contributed by atoms with Gasteiger partial charge < -0.3 is 23.8 Å². The molecule has 0 aliphatic carbocycles.